The molecule has 0 amide bonds. The first-order valence-corrected chi connectivity index (χ1v) is 7.85. The summed E-state index contributed by atoms with van der Waals surface area (Å²) in [6, 6.07) is 3.51. The highest BCUT2D eigenvalue weighted by molar-refractivity contribution is 7.89. The smallest absolute Gasteiger partial charge is 0.293 e. The highest BCUT2D eigenvalue weighted by Gasteiger charge is 2.33. The van der Waals surface area contributed by atoms with Gasteiger partial charge in [0.25, 0.3) is 5.69 Å². The lowest BCUT2D eigenvalue weighted by molar-refractivity contribution is -0.384. The zero-order valence-electron chi connectivity index (χ0n) is 11.7. The monoisotopic (exact) mass is 315 g/mol. The fourth-order valence-electron chi connectivity index (χ4n) is 2.32. The van der Waals surface area contributed by atoms with E-state index < -0.39 is 20.6 Å². The summed E-state index contributed by atoms with van der Waals surface area (Å²) in [6.07, 6.45) is -0.459. The van der Waals surface area contributed by atoms with Crippen LogP contribution in [0.3, 0.4) is 0 Å². The van der Waals surface area contributed by atoms with E-state index in [9.17, 15) is 18.5 Å². The van der Waals surface area contributed by atoms with Crippen molar-refractivity contribution in [1.29, 1.82) is 0 Å². The largest absolute Gasteiger partial charge is 0.393 e. The zero-order chi connectivity index (χ0) is 15.8. The molecule has 116 valence electrons. The van der Waals surface area contributed by atoms with E-state index in [1.807, 2.05) is 0 Å². The maximum atomic E-state index is 12.6. The molecule has 2 atom stereocenters. The lowest BCUT2D eigenvalue weighted by Crippen LogP contribution is -2.48. The molecule has 0 spiro atoms. The Hall–Kier alpha value is -1.71. The SMILES string of the molecule is CC1CN(S(=O)(=O)c2ccc(N)c([N+](=O)[O-])c2)CC(C)O1. The van der Waals surface area contributed by atoms with Gasteiger partial charge < -0.3 is 10.5 Å². The number of ether oxygens (including phenoxy) is 1. The molecule has 1 aliphatic rings. The standard InChI is InChI=1S/C12H17N3O5S/c1-8-6-14(7-9(2)20-8)21(18,19)10-3-4-11(13)12(5-10)15(16)17/h3-5,8-9H,6-7,13H2,1-2H3. The molecule has 21 heavy (non-hydrogen) atoms. The van der Waals surface area contributed by atoms with Crippen LogP contribution >= 0.6 is 0 Å². The Morgan fingerprint density at radius 1 is 1.33 bits per heavy atom. The number of nitrogens with zero attached hydrogens (tertiary/aromatic N) is 2. The molecule has 9 heteroatoms. The van der Waals surface area contributed by atoms with Crippen LogP contribution in [0.5, 0.6) is 0 Å². The molecule has 1 fully saturated rings. The van der Waals surface area contributed by atoms with E-state index in [0.29, 0.717) is 0 Å². The molecule has 0 aromatic heterocycles. The summed E-state index contributed by atoms with van der Waals surface area (Å²) in [5, 5.41) is 10.9. The summed E-state index contributed by atoms with van der Waals surface area (Å²) in [5.41, 5.74) is 5.01. The fraction of sp³-hybridized carbons (Fsp3) is 0.500. The molecule has 0 aliphatic carbocycles. The molecule has 8 nitrogen and oxygen atoms in total. The van der Waals surface area contributed by atoms with Crippen molar-refractivity contribution in [3.05, 3.63) is 28.3 Å². The summed E-state index contributed by atoms with van der Waals surface area (Å²) in [6.45, 7) is 3.99. The molecule has 0 bridgehead atoms. The van der Waals surface area contributed by atoms with Crippen LogP contribution in [0.4, 0.5) is 11.4 Å². The minimum Gasteiger partial charge on any atom is -0.393 e. The van der Waals surface area contributed by atoms with Crippen molar-refractivity contribution in [3.63, 3.8) is 0 Å². The Kier molecular flexibility index (Phi) is 4.17. The van der Waals surface area contributed by atoms with Crippen molar-refractivity contribution < 1.29 is 18.1 Å². The molecule has 2 unspecified atom stereocenters. The quantitative estimate of drug-likeness (QED) is 0.505. The summed E-state index contributed by atoms with van der Waals surface area (Å²) in [7, 11) is -3.81. The van der Waals surface area contributed by atoms with Crippen LogP contribution in [0.15, 0.2) is 23.1 Å². The first-order chi connectivity index (χ1) is 9.71. The number of hydrogen-bond donors (Lipinski definition) is 1. The number of morpholine rings is 1. The Balaban J connectivity index is 2.40. The molecule has 1 aromatic carbocycles. The zero-order valence-corrected chi connectivity index (χ0v) is 12.5. The molecule has 2 N–H and O–H groups in total. The van der Waals surface area contributed by atoms with Gasteiger partial charge in [-0.05, 0) is 26.0 Å². The van der Waals surface area contributed by atoms with E-state index in [1.54, 1.807) is 13.8 Å². The predicted octanol–water partition coefficient (Wildman–Crippen LogP) is 0.975. The maximum absolute atomic E-state index is 12.6. The second-order valence-electron chi connectivity index (χ2n) is 5.06. The molecule has 0 radical (unpaired) electrons. The predicted molar refractivity (Wildman–Crippen MR) is 76.3 cm³/mol. The van der Waals surface area contributed by atoms with Crippen LogP contribution in [0, 0.1) is 10.1 Å². The van der Waals surface area contributed by atoms with Crippen LogP contribution in [0.25, 0.3) is 0 Å². The third-order valence-corrected chi connectivity index (χ3v) is 5.05. The normalized spacial score (nSPS) is 23.9. The van der Waals surface area contributed by atoms with Crippen molar-refractivity contribution in [2.24, 2.45) is 0 Å². The Morgan fingerprint density at radius 2 is 1.90 bits per heavy atom. The number of sulfonamides is 1. The van der Waals surface area contributed by atoms with Gasteiger partial charge >= 0.3 is 0 Å². The third-order valence-electron chi connectivity index (χ3n) is 3.22. The lowest BCUT2D eigenvalue weighted by atomic mass is 10.3. The van der Waals surface area contributed by atoms with Crippen LogP contribution < -0.4 is 5.73 Å². The number of anilines is 1. The van der Waals surface area contributed by atoms with Crippen LogP contribution in [-0.2, 0) is 14.8 Å². The fourth-order valence-corrected chi connectivity index (χ4v) is 3.93. The Bertz CT molecular complexity index is 651. The van der Waals surface area contributed by atoms with Gasteiger partial charge in [0.05, 0.1) is 22.0 Å². The van der Waals surface area contributed by atoms with Gasteiger partial charge in [-0.1, -0.05) is 0 Å². The summed E-state index contributed by atoms with van der Waals surface area (Å²) < 4.78 is 31.9. The highest BCUT2D eigenvalue weighted by Crippen LogP contribution is 2.28. The molecule has 1 aromatic rings. The summed E-state index contributed by atoms with van der Waals surface area (Å²) >= 11 is 0. The first kappa shape index (κ1) is 15.7. The summed E-state index contributed by atoms with van der Waals surface area (Å²) in [4.78, 5) is 10.0. The molecule has 0 saturated carbocycles. The van der Waals surface area contributed by atoms with E-state index in [4.69, 9.17) is 10.5 Å². The number of nitrogens with two attached hydrogens (primary N) is 1. The summed E-state index contributed by atoms with van der Waals surface area (Å²) in [5.74, 6) is 0. The van der Waals surface area contributed by atoms with Crippen molar-refractivity contribution in [3.8, 4) is 0 Å². The average Bonchev–Trinajstić information content (AvgIpc) is 2.37. The Labute approximate surface area is 122 Å². The molecular weight excluding hydrogens is 298 g/mol. The number of nitro groups is 1. The van der Waals surface area contributed by atoms with Crippen LogP contribution in [-0.4, -0.2) is 42.9 Å². The van der Waals surface area contributed by atoms with Gasteiger partial charge in [-0.25, -0.2) is 8.42 Å². The van der Waals surface area contributed by atoms with Crippen molar-refractivity contribution in [1.82, 2.24) is 4.31 Å². The van der Waals surface area contributed by atoms with E-state index in [1.165, 1.54) is 16.4 Å². The molecule has 1 heterocycles. The lowest BCUT2D eigenvalue weighted by Gasteiger charge is -2.34. The van der Waals surface area contributed by atoms with E-state index in [2.05, 4.69) is 0 Å². The van der Waals surface area contributed by atoms with Crippen molar-refractivity contribution in [2.45, 2.75) is 31.0 Å². The second kappa shape index (κ2) is 5.58. The molecule has 1 saturated heterocycles. The van der Waals surface area contributed by atoms with Crippen molar-refractivity contribution in [2.75, 3.05) is 18.8 Å². The van der Waals surface area contributed by atoms with Gasteiger partial charge in [-0.15, -0.1) is 0 Å². The Morgan fingerprint density at radius 3 is 2.43 bits per heavy atom. The third kappa shape index (κ3) is 3.14. The molecular formula is C12H17N3O5S. The van der Waals surface area contributed by atoms with E-state index in [-0.39, 0.29) is 35.9 Å². The van der Waals surface area contributed by atoms with Crippen LogP contribution in [0.2, 0.25) is 0 Å². The van der Waals surface area contributed by atoms with Gasteiger partial charge in [-0.3, -0.25) is 10.1 Å². The molecule has 1 aliphatic heterocycles. The number of rotatable bonds is 3. The maximum Gasteiger partial charge on any atom is 0.293 e. The van der Waals surface area contributed by atoms with E-state index >= 15 is 0 Å². The topological polar surface area (TPSA) is 116 Å². The van der Waals surface area contributed by atoms with E-state index in [0.717, 1.165) is 6.07 Å². The molecule has 2 rings (SSSR count). The van der Waals surface area contributed by atoms with Gasteiger partial charge in [-0.2, -0.15) is 4.31 Å². The van der Waals surface area contributed by atoms with Gasteiger partial charge in [0.1, 0.15) is 5.69 Å². The van der Waals surface area contributed by atoms with Crippen molar-refractivity contribution >= 4 is 21.4 Å². The number of nitrogen functional groups attached to an aromatic ring is 1. The minimum absolute atomic E-state index is 0.0670. The number of benzene rings is 1. The number of hydrogen-bond acceptors (Lipinski definition) is 6. The average molecular weight is 315 g/mol. The van der Waals surface area contributed by atoms with Gasteiger partial charge in [0.2, 0.25) is 10.0 Å². The highest BCUT2D eigenvalue weighted by atomic mass is 32.2. The second-order valence-corrected chi connectivity index (χ2v) is 7.00. The van der Waals surface area contributed by atoms with Crippen LogP contribution in [0.1, 0.15) is 13.8 Å². The van der Waals surface area contributed by atoms with Gasteiger partial charge in [0.15, 0.2) is 0 Å². The van der Waals surface area contributed by atoms with Gasteiger partial charge in [0, 0.05) is 19.2 Å². The minimum atomic E-state index is -3.81. The first-order valence-electron chi connectivity index (χ1n) is 6.41. The number of nitro benzene ring substituents is 1.